The minimum atomic E-state index is -0.537. The van der Waals surface area contributed by atoms with E-state index >= 15 is 0 Å². The van der Waals surface area contributed by atoms with Crippen LogP contribution in [0.25, 0.3) is 0 Å². The van der Waals surface area contributed by atoms with E-state index in [1.54, 1.807) is 38.1 Å². The Bertz CT molecular complexity index is 807. The number of amides is 2. The Balaban J connectivity index is 1.96. The molecule has 0 aliphatic carbocycles. The number of rotatable bonds is 8. The van der Waals surface area contributed by atoms with E-state index in [-0.39, 0.29) is 25.0 Å². The molecule has 0 saturated heterocycles. The normalized spacial score (nSPS) is 11.6. The van der Waals surface area contributed by atoms with Crippen molar-refractivity contribution in [1.82, 2.24) is 10.6 Å². The van der Waals surface area contributed by atoms with Crippen LogP contribution in [-0.4, -0.2) is 30.4 Å². The molecule has 6 nitrogen and oxygen atoms in total. The third-order valence-corrected chi connectivity index (χ3v) is 4.32. The quantitative estimate of drug-likeness (QED) is 0.608. The van der Waals surface area contributed by atoms with Crippen LogP contribution in [0.2, 0.25) is 0 Å². The third-order valence-electron chi connectivity index (χ3n) is 3.79. The summed E-state index contributed by atoms with van der Waals surface area (Å²) in [5, 5.41) is 5.37. The molecule has 148 valence electrons. The number of ether oxygens (including phenoxy) is 1. The summed E-state index contributed by atoms with van der Waals surface area (Å²) >= 11 is 3.31. The molecular formula is C21H23BrN2O4. The Morgan fingerprint density at radius 3 is 2.25 bits per heavy atom. The molecule has 2 N–H and O–H groups in total. The van der Waals surface area contributed by atoms with E-state index in [2.05, 4.69) is 26.6 Å². The smallest absolute Gasteiger partial charge is 0.308 e. The highest BCUT2D eigenvalue weighted by Gasteiger charge is 2.20. The van der Waals surface area contributed by atoms with E-state index in [1.807, 2.05) is 30.3 Å². The Kier molecular flexibility index (Phi) is 8.19. The van der Waals surface area contributed by atoms with Crippen LogP contribution in [-0.2, 0) is 14.3 Å². The van der Waals surface area contributed by atoms with Gasteiger partial charge in [0.1, 0.15) is 0 Å². The highest BCUT2D eigenvalue weighted by atomic mass is 79.9. The summed E-state index contributed by atoms with van der Waals surface area (Å²) < 4.78 is 6.05. The van der Waals surface area contributed by atoms with Crippen molar-refractivity contribution in [2.75, 3.05) is 6.54 Å². The van der Waals surface area contributed by atoms with Gasteiger partial charge >= 0.3 is 5.97 Å². The number of carbonyl (C=O) groups excluding carboxylic acids is 3. The molecule has 0 spiro atoms. The van der Waals surface area contributed by atoms with E-state index in [4.69, 9.17) is 4.74 Å². The van der Waals surface area contributed by atoms with Gasteiger partial charge in [-0.15, -0.1) is 0 Å². The van der Waals surface area contributed by atoms with Crippen LogP contribution in [0.1, 0.15) is 42.2 Å². The lowest BCUT2D eigenvalue weighted by Gasteiger charge is -2.19. The Morgan fingerprint density at radius 1 is 1.00 bits per heavy atom. The Hall–Kier alpha value is -2.67. The molecule has 0 saturated carbocycles. The first kappa shape index (κ1) is 21.6. The molecule has 0 bridgehead atoms. The fraction of sp³-hybridized carbons (Fsp3) is 0.286. The molecule has 0 fully saturated rings. The standard InChI is InChI=1S/C21H23BrN2O4/c1-14(2)28-20(26)12-18(15-6-4-3-5-7-15)24-19(25)13-23-21(27)16-8-10-17(22)11-9-16/h3-11,14,18H,12-13H2,1-2H3,(H,23,27)(H,24,25). The number of carbonyl (C=O) groups is 3. The lowest BCUT2D eigenvalue weighted by atomic mass is 10.0. The highest BCUT2D eigenvalue weighted by Crippen LogP contribution is 2.17. The molecule has 2 rings (SSSR count). The summed E-state index contributed by atoms with van der Waals surface area (Å²) in [6, 6.07) is 15.5. The summed E-state index contributed by atoms with van der Waals surface area (Å²) in [5.74, 6) is -1.14. The second kappa shape index (κ2) is 10.6. The van der Waals surface area contributed by atoms with Crippen molar-refractivity contribution in [3.8, 4) is 0 Å². The van der Waals surface area contributed by atoms with Crippen molar-refractivity contribution in [3.05, 3.63) is 70.2 Å². The van der Waals surface area contributed by atoms with Crippen LogP contribution in [0.15, 0.2) is 59.1 Å². The van der Waals surface area contributed by atoms with Gasteiger partial charge in [-0.2, -0.15) is 0 Å². The molecule has 0 aromatic heterocycles. The first-order valence-corrected chi connectivity index (χ1v) is 9.72. The van der Waals surface area contributed by atoms with Crippen LogP contribution >= 0.6 is 15.9 Å². The maximum Gasteiger partial charge on any atom is 0.308 e. The van der Waals surface area contributed by atoms with Gasteiger partial charge in [-0.1, -0.05) is 46.3 Å². The maximum atomic E-state index is 12.3. The van der Waals surface area contributed by atoms with Gasteiger partial charge in [-0.3, -0.25) is 14.4 Å². The van der Waals surface area contributed by atoms with Crippen LogP contribution in [0.5, 0.6) is 0 Å². The molecule has 1 atom stereocenters. The van der Waals surface area contributed by atoms with Crippen molar-refractivity contribution in [1.29, 1.82) is 0 Å². The number of hydrogen-bond donors (Lipinski definition) is 2. The van der Waals surface area contributed by atoms with Gasteiger partial charge in [0.05, 0.1) is 25.1 Å². The van der Waals surface area contributed by atoms with Crippen molar-refractivity contribution >= 4 is 33.7 Å². The molecule has 7 heteroatoms. The number of nitrogens with one attached hydrogen (secondary N) is 2. The summed E-state index contributed by atoms with van der Waals surface area (Å²) in [6.45, 7) is 3.34. The topological polar surface area (TPSA) is 84.5 Å². The first-order valence-electron chi connectivity index (χ1n) is 8.92. The molecule has 28 heavy (non-hydrogen) atoms. The van der Waals surface area contributed by atoms with Gasteiger partial charge < -0.3 is 15.4 Å². The molecule has 2 aromatic carbocycles. The Morgan fingerprint density at radius 2 is 1.64 bits per heavy atom. The van der Waals surface area contributed by atoms with E-state index < -0.39 is 17.9 Å². The van der Waals surface area contributed by atoms with Gasteiger partial charge in [0.25, 0.3) is 5.91 Å². The molecular weight excluding hydrogens is 424 g/mol. The number of hydrogen-bond acceptors (Lipinski definition) is 4. The SMILES string of the molecule is CC(C)OC(=O)CC(NC(=O)CNC(=O)c1ccc(Br)cc1)c1ccccc1. The van der Waals surface area contributed by atoms with Gasteiger partial charge in [-0.05, 0) is 43.7 Å². The second-order valence-electron chi connectivity index (χ2n) is 6.46. The number of halogens is 1. The maximum absolute atomic E-state index is 12.3. The molecule has 1 unspecified atom stereocenters. The van der Waals surface area contributed by atoms with Gasteiger partial charge in [-0.25, -0.2) is 0 Å². The van der Waals surface area contributed by atoms with Gasteiger partial charge in [0.2, 0.25) is 5.91 Å². The number of benzene rings is 2. The monoisotopic (exact) mass is 446 g/mol. The van der Waals surface area contributed by atoms with Crippen LogP contribution in [0, 0.1) is 0 Å². The predicted molar refractivity (Wildman–Crippen MR) is 110 cm³/mol. The van der Waals surface area contributed by atoms with E-state index in [0.717, 1.165) is 10.0 Å². The largest absolute Gasteiger partial charge is 0.463 e. The van der Waals surface area contributed by atoms with E-state index in [0.29, 0.717) is 5.56 Å². The lowest BCUT2D eigenvalue weighted by molar-refractivity contribution is -0.148. The fourth-order valence-electron chi connectivity index (χ4n) is 2.52. The minimum absolute atomic E-state index is 0.00852. The Labute approximate surface area is 172 Å². The van der Waals surface area contributed by atoms with Crippen LogP contribution < -0.4 is 10.6 Å². The van der Waals surface area contributed by atoms with Crippen molar-refractivity contribution in [3.63, 3.8) is 0 Å². The van der Waals surface area contributed by atoms with Crippen LogP contribution in [0.3, 0.4) is 0 Å². The summed E-state index contributed by atoms with van der Waals surface area (Å²) in [6.07, 6.45) is -0.223. The van der Waals surface area contributed by atoms with Crippen molar-refractivity contribution < 1.29 is 19.1 Å². The third kappa shape index (κ3) is 7.15. The number of esters is 1. The lowest BCUT2D eigenvalue weighted by Crippen LogP contribution is -2.39. The molecule has 0 radical (unpaired) electrons. The van der Waals surface area contributed by atoms with Crippen molar-refractivity contribution in [2.24, 2.45) is 0 Å². The molecule has 2 amide bonds. The zero-order valence-corrected chi connectivity index (χ0v) is 17.4. The van der Waals surface area contributed by atoms with Crippen LogP contribution in [0.4, 0.5) is 0 Å². The predicted octanol–water partition coefficient (Wildman–Crippen LogP) is 3.38. The molecule has 0 aliphatic rings. The van der Waals surface area contributed by atoms with Crippen molar-refractivity contribution in [2.45, 2.75) is 32.4 Å². The summed E-state index contributed by atoms with van der Waals surface area (Å²) in [4.78, 5) is 36.5. The van der Waals surface area contributed by atoms with Gasteiger partial charge in [0.15, 0.2) is 0 Å². The van der Waals surface area contributed by atoms with E-state index in [9.17, 15) is 14.4 Å². The minimum Gasteiger partial charge on any atom is -0.463 e. The molecule has 0 heterocycles. The summed E-state index contributed by atoms with van der Waals surface area (Å²) in [5.41, 5.74) is 1.24. The first-order chi connectivity index (χ1) is 13.3. The average Bonchev–Trinajstić information content (AvgIpc) is 2.66. The van der Waals surface area contributed by atoms with Gasteiger partial charge in [0, 0.05) is 10.0 Å². The zero-order valence-electron chi connectivity index (χ0n) is 15.8. The molecule has 2 aromatic rings. The average molecular weight is 447 g/mol. The zero-order chi connectivity index (χ0) is 20.5. The summed E-state index contributed by atoms with van der Waals surface area (Å²) in [7, 11) is 0. The van der Waals surface area contributed by atoms with E-state index in [1.165, 1.54) is 0 Å². The molecule has 0 aliphatic heterocycles. The second-order valence-corrected chi connectivity index (χ2v) is 7.38. The fourth-order valence-corrected chi connectivity index (χ4v) is 2.79. The highest BCUT2D eigenvalue weighted by molar-refractivity contribution is 9.10.